The van der Waals surface area contributed by atoms with Crippen LogP contribution in [0.5, 0.6) is 0 Å². The maximum absolute atomic E-state index is 11.9. The number of carboxylic acids is 1. The van der Waals surface area contributed by atoms with E-state index in [-0.39, 0.29) is 18.7 Å². The van der Waals surface area contributed by atoms with Gasteiger partial charge in [-0.2, -0.15) is 0 Å². The molecule has 2 N–H and O–H groups in total. The third-order valence-electron chi connectivity index (χ3n) is 3.42. The Morgan fingerprint density at radius 2 is 2.21 bits per heavy atom. The lowest BCUT2D eigenvalue weighted by Gasteiger charge is -2.31. The largest absolute Gasteiger partial charge is 0.481 e. The van der Waals surface area contributed by atoms with E-state index in [1.807, 2.05) is 0 Å². The van der Waals surface area contributed by atoms with Gasteiger partial charge in [-0.15, -0.1) is 0 Å². The number of likely N-dealkylation sites (tertiary alicyclic amines) is 1. The van der Waals surface area contributed by atoms with Crippen molar-refractivity contribution in [3.63, 3.8) is 0 Å². The molecule has 0 bridgehead atoms. The Bertz CT molecular complexity index is 330. The molecule has 7 heteroatoms. The van der Waals surface area contributed by atoms with Gasteiger partial charge in [-0.3, -0.25) is 4.79 Å². The van der Waals surface area contributed by atoms with Crippen LogP contribution in [0.4, 0.5) is 4.79 Å². The Labute approximate surface area is 111 Å². The van der Waals surface area contributed by atoms with Crippen LogP contribution in [-0.2, 0) is 14.3 Å². The molecule has 0 aromatic carbocycles. The first-order valence-corrected chi connectivity index (χ1v) is 6.61. The SMILES string of the molecule is O=C(O)C1CCCN(C(=O)NCC2COCCO2)C1. The fourth-order valence-corrected chi connectivity index (χ4v) is 2.33. The number of piperidine rings is 1. The highest BCUT2D eigenvalue weighted by molar-refractivity contribution is 5.76. The molecule has 2 amide bonds. The number of carbonyl (C=O) groups is 2. The minimum atomic E-state index is -0.832. The molecule has 2 unspecified atom stereocenters. The number of nitrogens with zero attached hydrogens (tertiary/aromatic N) is 1. The summed E-state index contributed by atoms with van der Waals surface area (Å²) in [5, 5.41) is 11.7. The number of carboxylic acid groups (broad SMARTS) is 1. The number of hydrogen-bond donors (Lipinski definition) is 2. The molecule has 0 radical (unpaired) electrons. The molecule has 2 fully saturated rings. The van der Waals surface area contributed by atoms with Crippen LogP contribution in [0.25, 0.3) is 0 Å². The molecule has 0 aromatic heterocycles. The summed E-state index contributed by atoms with van der Waals surface area (Å²) in [4.78, 5) is 24.4. The van der Waals surface area contributed by atoms with E-state index in [1.165, 1.54) is 0 Å². The standard InChI is InChI=1S/C12H20N2O5/c15-11(16)9-2-1-3-14(7-9)12(17)13-6-10-8-18-4-5-19-10/h9-10H,1-8H2,(H,13,17)(H,15,16). The zero-order valence-corrected chi connectivity index (χ0v) is 10.8. The van der Waals surface area contributed by atoms with Crippen molar-refractivity contribution in [2.24, 2.45) is 5.92 Å². The molecule has 0 aromatic rings. The van der Waals surface area contributed by atoms with Crippen LogP contribution >= 0.6 is 0 Å². The molecule has 2 aliphatic heterocycles. The predicted octanol–water partition coefficient (Wildman–Crippen LogP) is -0.0920. The van der Waals surface area contributed by atoms with E-state index in [4.69, 9.17) is 14.6 Å². The van der Waals surface area contributed by atoms with E-state index < -0.39 is 11.9 Å². The Hall–Kier alpha value is -1.34. The van der Waals surface area contributed by atoms with Gasteiger partial charge in [-0.05, 0) is 12.8 Å². The topological polar surface area (TPSA) is 88.1 Å². The number of urea groups is 1. The monoisotopic (exact) mass is 272 g/mol. The van der Waals surface area contributed by atoms with Crippen molar-refractivity contribution in [2.45, 2.75) is 18.9 Å². The average molecular weight is 272 g/mol. The van der Waals surface area contributed by atoms with Gasteiger partial charge in [-0.1, -0.05) is 0 Å². The minimum Gasteiger partial charge on any atom is -0.481 e. The summed E-state index contributed by atoms with van der Waals surface area (Å²) < 4.78 is 10.7. The maximum atomic E-state index is 11.9. The first-order chi connectivity index (χ1) is 9.16. The molecule has 7 nitrogen and oxygen atoms in total. The number of rotatable bonds is 3. The highest BCUT2D eigenvalue weighted by Crippen LogP contribution is 2.16. The highest BCUT2D eigenvalue weighted by Gasteiger charge is 2.28. The summed E-state index contributed by atoms with van der Waals surface area (Å²) in [7, 11) is 0. The van der Waals surface area contributed by atoms with Gasteiger partial charge in [0.2, 0.25) is 0 Å². The van der Waals surface area contributed by atoms with E-state index in [1.54, 1.807) is 4.90 Å². The van der Waals surface area contributed by atoms with Crippen molar-refractivity contribution in [1.29, 1.82) is 0 Å². The number of amides is 2. The van der Waals surface area contributed by atoms with Gasteiger partial charge >= 0.3 is 12.0 Å². The Morgan fingerprint density at radius 3 is 2.89 bits per heavy atom. The number of ether oxygens (including phenoxy) is 2. The predicted molar refractivity (Wildman–Crippen MR) is 65.9 cm³/mol. The van der Waals surface area contributed by atoms with Gasteiger partial charge in [0.15, 0.2) is 0 Å². The quantitative estimate of drug-likeness (QED) is 0.749. The Balaban J connectivity index is 1.74. The van der Waals surface area contributed by atoms with Crippen LogP contribution in [0.15, 0.2) is 0 Å². The van der Waals surface area contributed by atoms with Gasteiger partial charge in [0.25, 0.3) is 0 Å². The summed E-state index contributed by atoms with van der Waals surface area (Å²) >= 11 is 0. The summed E-state index contributed by atoms with van der Waals surface area (Å²) in [6.07, 6.45) is 1.25. The third kappa shape index (κ3) is 4.07. The molecular weight excluding hydrogens is 252 g/mol. The molecule has 2 heterocycles. The molecule has 2 atom stereocenters. The maximum Gasteiger partial charge on any atom is 0.317 e. The Morgan fingerprint density at radius 1 is 1.37 bits per heavy atom. The second-order valence-corrected chi connectivity index (χ2v) is 4.88. The normalized spacial score (nSPS) is 27.9. The van der Waals surface area contributed by atoms with Gasteiger partial charge in [-0.25, -0.2) is 4.79 Å². The molecule has 2 aliphatic rings. The highest BCUT2D eigenvalue weighted by atomic mass is 16.6. The lowest BCUT2D eigenvalue weighted by molar-refractivity contribution is -0.143. The van der Waals surface area contributed by atoms with Crippen molar-refractivity contribution < 1.29 is 24.2 Å². The van der Waals surface area contributed by atoms with Gasteiger partial charge in [0, 0.05) is 19.6 Å². The summed E-state index contributed by atoms with van der Waals surface area (Å²) in [5.74, 6) is -1.28. The van der Waals surface area contributed by atoms with E-state index in [9.17, 15) is 9.59 Å². The number of aliphatic carboxylic acids is 1. The van der Waals surface area contributed by atoms with E-state index in [0.717, 1.165) is 6.42 Å². The second kappa shape index (κ2) is 6.72. The average Bonchev–Trinajstić information content (AvgIpc) is 2.46. The summed E-state index contributed by atoms with van der Waals surface area (Å²) in [6, 6.07) is -0.222. The van der Waals surface area contributed by atoms with Crippen molar-refractivity contribution in [2.75, 3.05) is 39.5 Å². The Kier molecular flexibility index (Phi) is 4.98. The molecule has 0 saturated carbocycles. The smallest absolute Gasteiger partial charge is 0.317 e. The zero-order chi connectivity index (χ0) is 13.7. The number of carbonyl (C=O) groups excluding carboxylic acids is 1. The van der Waals surface area contributed by atoms with Gasteiger partial charge in [0.05, 0.1) is 31.8 Å². The molecule has 2 saturated heterocycles. The van der Waals surface area contributed by atoms with E-state index in [0.29, 0.717) is 39.3 Å². The summed E-state index contributed by atoms with van der Waals surface area (Å²) in [5.41, 5.74) is 0. The van der Waals surface area contributed by atoms with Crippen molar-refractivity contribution in [3.05, 3.63) is 0 Å². The van der Waals surface area contributed by atoms with E-state index >= 15 is 0 Å². The van der Waals surface area contributed by atoms with Crippen molar-refractivity contribution >= 4 is 12.0 Å². The molecular formula is C12H20N2O5. The first-order valence-electron chi connectivity index (χ1n) is 6.61. The molecule has 19 heavy (non-hydrogen) atoms. The molecule has 0 spiro atoms. The van der Waals surface area contributed by atoms with Crippen molar-refractivity contribution in [3.8, 4) is 0 Å². The summed E-state index contributed by atoms with van der Waals surface area (Å²) in [6.45, 7) is 2.91. The second-order valence-electron chi connectivity index (χ2n) is 4.88. The van der Waals surface area contributed by atoms with Crippen LogP contribution in [0.3, 0.4) is 0 Å². The fourth-order valence-electron chi connectivity index (χ4n) is 2.33. The molecule has 0 aliphatic carbocycles. The lowest BCUT2D eigenvalue weighted by Crippen LogP contribution is -2.49. The van der Waals surface area contributed by atoms with Crippen LogP contribution in [-0.4, -0.2) is 67.6 Å². The molecule has 108 valence electrons. The first kappa shape index (κ1) is 14.1. The molecule has 2 rings (SSSR count). The van der Waals surface area contributed by atoms with Gasteiger partial charge in [0.1, 0.15) is 0 Å². The van der Waals surface area contributed by atoms with E-state index in [2.05, 4.69) is 5.32 Å². The van der Waals surface area contributed by atoms with Crippen LogP contribution < -0.4 is 5.32 Å². The number of nitrogens with one attached hydrogen (secondary N) is 1. The number of hydrogen-bond acceptors (Lipinski definition) is 4. The van der Waals surface area contributed by atoms with Crippen LogP contribution in [0.2, 0.25) is 0 Å². The van der Waals surface area contributed by atoms with Gasteiger partial charge < -0.3 is 24.8 Å². The van der Waals surface area contributed by atoms with Crippen LogP contribution in [0.1, 0.15) is 12.8 Å². The fraction of sp³-hybridized carbons (Fsp3) is 0.833. The van der Waals surface area contributed by atoms with Crippen LogP contribution in [0, 0.1) is 5.92 Å². The minimum absolute atomic E-state index is 0.113. The van der Waals surface area contributed by atoms with Crippen molar-refractivity contribution in [1.82, 2.24) is 10.2 Å². The zero-order valence-electron chi connectivity index (χ0n) is 10.8. The third-order valence-corrected chi connectivity index (χ3v) is 3.42. The lowest BCUT2D eigenvalue weighted by atomic mass is 9.99.